The van der Waals surface area contributed by atoms with Crippen molar-refractivity contribution in [2.45, 2.75) is 31.6 Å². The van der Waals surface area contributed by atoms with Crippen molar-refractivity contribution < 1.29 is 27.9 Å². The molecule has 1 fully saturated rings. The third-order valence-corrected chi connectivity index (χ3v) is 6.58. The zero-order chi connectivity index (χ0) is 22.6. The third kappa shape index (κ3) is 5.35. The summed E-state index contributed by atoms with van der Waals surface area (Å²) in [6, 6.07) is 10.7. The predicted octanol–water partition coefficient (Wildman–Crippen LogP) is 3.27. The number of carboxylic acid groups (broad SMARTS) is 1. The van der Waals surface area contributed by atoms with Gasteiger partial charge in [0.05, 0.1) is 34.4 Å². The van der Waals surface area contributed by atoms with Crippen LogP contribution in [0.15, 0.2) is 47.4 Å². The number of carbonyl (C=O) groups is 2. The number of benzene rings is 2. The minimum Gasteiger partial charge on any atom is -0.478 e. The normalized spacial score (nSPS) is 16.6. The lowest BCUT2D eigenvalue weighted by atomic mass is 9.97. The molecule has 0 saturated carbocycles. The van der Waals surface area contributed by atoms with Crippen LogP contribution in [0.4, 0.5) is 11.4 Å². The molecule has 2 aromatic carbocycles. The van der Waals surface area contributed by atoms with E-state index in [9.17, 15) is 23.1 Å². The second kappa shape index (κ2) is 9.38. The summed E-state index contributed by atoms with van der Waals surface area (Å²) in [6.07, 6.45) is 1.42. The van der Waals surface area contributed by atoms with Crippen molar-refractivity contribution in [3.63, 3.8) is 0 Å². The molecule has 0 amide bonds. The second-order valence-electron chi connectivity index (χ2n) is 7.49. The van der Waals surface area contributed by atoms with Gasteiger partial charge in [0.15, 0.2) is 0 Å². The van der Waals surface area contributed by atoms with Crippen molar-refractivity contribution in [2.24, 2.45) is 5.92 Å². The van der Waals surface area contributed by atoms with Crippen molar-refractivity contribution in [1.29, 1.82) is 0 Å². The van der Waals surface area contributed by atoms with Gasteiger partial charge in [-0.2, -0.15) is 0 Å². The molecule has 1 saturated heterocycles. The molecule has 2 aromatic rings. The number of hydrogen-bond donors (Lipinski definition) is 2. The molecule has 1 unspecified atom stereocenters. The fraction of sp³-hybridized carbons (Fsp3) is 0.364. The van der Waals surface area contributed by atoms with Gasteiger partial charge in [-0.05, 0) is 57.0 Å². The first kappa shape index (κ1) is 22.6. The predicted molar refractivity (Wildman–Crippen MR) is 117 cm³/mol. The number of hydrogen-bond acceptors (Lipinski definition) is 6. The highest BCUT2D eigenvalue weighted by Crippen LogP contribution is 2.33. The topological polar surface area (TPSA) is 113 Å². The number of carbonyl (C=O) groups excluding carboxylic acids is 1. The Balaban J connectivity index is 1.95. The van der Waals surface area contributed by atoms with Crippen LogP contribution < -0.4 is 9.62 Å². The summed E-state index contributed by atoms with van der Waals surface area (Å²) >= 11 is 0. The number of carboxylic acids is 1. The summed E-state index contributed by atoms with van der Waals surface area (Å²) in [6.45, 7) is 4.88. The standard InChI is InChI=1S/C22H26N2O6S/c1-3-30-22(27)17-5-4-12-24(14-17)20-11-8-16(21(25)26)13-19(20)23-31(28,29)18-9-6-15(2)7-10-18/h6-11,13,17,23H,3-5,12,14H2,1-2H3,(H,25,26). The van der Waals surface area contributed by atoms with Crippen LogP contribution in [0.1, 0.15) is 35.7 Å². The minimum atomic E-state index is -3.93. The fourth-order valence-electron chi connectivity index (χ4n) is 3.60. The van der Waals surface area contributed by atoms with Crippen molar-refractivity contribution in [3.05, 3.63) is 53.6 Å². The molecule has 3 rings (SSSR count). The SMILES string of the molecule is CCOC(=O)C1CCCN(c2ccc(C(=O)O)cc2NS(=O)(=O)c2ccc(C)cc2)C1. The van der Waals surface area contributed by atoms with Gasteiger partial charge in [-0.15, -0.1) is 0 Å². The van der Waals surface area contributed by atoms with Crippen LogP contribution in [0.5, 0.6) is 0 Å². The number of anilines is 2. The summed E-state index contributed by atoms with van der Waals surface area (Å²) < 4.78 is 33.5. The molecule has 1 heterocycles. The molecule has 2 N–H and O–H groups in total. The van der Waals surface area contributed by atoms with Crippen molar-refractivity contribution in [1.82, 2.24) is 0 Å². The van der Waals surface area contributed by atoms with Crippen LogP contribution in [-0.4, -0.2) is 45.2 Å². The Labute approximate surface area is 181 Å². The average molecular weight is 447 g/mol. The van der Waals surface area contributed by atoms with Gasteiger partial charge in [-0.1, -0.05) is 17.7 Å². The van der Waals surface area contributed by atoms with Gasteiger partial charge in [0.25, 0.3) is 10.0 Å². The Bertz CT molecular complexity index is 1070. The van der Waals surface area contributed by atoms with E-state index in [1.807, 2.05) is 11.8 Å². The summed E-state index contributed by atoms with van der Waals surface area (Å²) in [4.78, 5) is 25.7. The van der Waals surface area contributed by atoms with Gasteiger partial charge in [-0.3, -0.25) is 9.52 Å². The highest BCUT2D eigenvalue weighted by molar-refractivity contribution is 7.92. The van der Waals surface area contributed by atoms with E-state index in [1.54, 1.807) is 25.1 Å². The van der Waals surface area contributed by atoms with E-state index < -0.39 is 16.0 Å². The first-order chi connectivity index (χ1) is 14.7. The molecular formula is C22H26N2O6S. The molecule has 0 aliphatic carbocycles. The minimum absolute atomic E-state index is 0.0377. The molecule has 0 aromatic heterocycles. The lowest BCUT2D eigenvalue weighted by molar-refractivity contribution is -0.148. The number of nitrogens with one attached hydrogen (secondary N) is 1. The first-order valence-electron chi connectivity index (χ1n) is 10.1. The molecule has 1 aliphatic rings. The van der Waals surface area contributed by atoms with Gasteiger partial charge in [0.1, 0.15) is 0 Å². The molecule has 0 spiro atoms. The molecule has 0 bridgehead atoms. The third-order valence-electron chi connectivity index (χ3n) is 5.20. The van der Waals surface area contributed by atoms with Crippen LogP contribution in [0.2, 0.25) is 0 Å². The zero-order valence-corrected chi connectivity index (χ0v) is 18.3. The Hall–Kier alpha value is -3.07. The monoisotopic (exact) mass is 446 g/mol. The number of ether oxygens (including phenoxy) is 1. The summed E-state index contributed by atoms with van der Waals surface area (Å²) in [5, 5.41) is 9.38. The second-order valence-corrected chi connectivity index (χ2v) is 9.18. The van der Waals surface area contributed by atoms with Crippen molar-refractivity contribution >= 4 is 33.3 Å². The average Bonchev–Trinajstić information content (AvgIpc) is 2.74. The largest absolute Gasteiger partial charge is 0.478 e. The highest BCUT2D eigenvalue weighted by atomic mass is 32.2. The first-order valence-corrected chi connectivity index (χ1v) is 11.6. The van der Waals surface area contributed by atoms with Gasteiger partial charge in [0, 0.05) is 13.1 Å². The van der Waals surface area contributed by atoms with Crippen LogP contribution in [0.25, 0.3) is 0 Å². The van der Waals surface area contributed by atoms with Gasteiger partial charge >= 0.3 is 11.9 Å². The van der Waals surface area contributed by atoms with Gasteiger partial charge < -0.3 is 14.7 Å². The summed E-state index contributed by atoms with van der Waals surface area (Å²) in [5.41, 5.74) is 1.56. The Kier molecular flexibility index (Phi) is 6.84. The van der Waals surface area contributed by atoms with E-state index in [-0.39, 0.29) is 28.0 Å². The van der Waals surface area contributed by atoms with Crippen molar-refractivity contribution in [2.75, 3.05) is 29.3 Å². The molecule has 1 atom stereocenters. The van der Waals surface area contributed by atoms with Crippen LogP contribution in [-0.2, 0) is 19.6 Å². The molecule has 8 nitrogen and oxygen atoms in total. The molecule has 166 valence electrons. The lowest BCUT2D eigenvalue weighted by Crippen LogP contribution is -2.39. The van der Waals surface area contributed by atoms with E-state index in [1.165, 1.54) is 24.3 Å². The highest BCUT2D eigenvalue weighted by Gasteiger charge is 2.29. The fourth-order valence-corrected chi connectivity index (χ4v) is 4.66. The number of aromatic carboxylic acids is 1. The van der Waals surface area contributed by atoms with Crippen molar-refractivity contribution in [3.8, 4) is 0 Å². The quantitative estimate of drug-likeness (QED) is 0.628. The molecular weight excluding hydrogens is 420 g/mol. The van der Waals surface area contributed by atoms with Crippen LogP contribution in [0, 0.1) is 12.8 Å². The Morgan fingerprint density at radius 3 is 2.55 bits per heavy atom. The van der Waals surface area contributed by atoms with Crippen LogP contribution >= 0.6 is 0 Å². The van der Waals surface area contributed by atoms with E-state index >= 15 is 0 Å². The Morgan fingerprint density at radius 2 is 1.90 bits per heavy atom. The molecule has 31 heavy (non-hydrogen) atoms. The zero-order valence-electron chi connectivity index (χ0n) is 17.5. The van der Waals surface area contributed by atoms with Gasteiger partial charge in [0.2, 0.25) is 0 Å². The maximum atomic E-state index is 12.9. The number of rotatable bonds is 7. The summed E-state index contributed by atoms with van der Waals surface area (Å²) in [5.74, 6) is -1.77. The van der Waals surface area contributed by atoms with E-state index in [4.69, 9.17) is 4.74 Å². The summed E-state index contributed by atoms with van der Waals surface area (Å²) in [7, 11) is -3.93. The number of sulfonamides is 1. The number of aryl methyl sites for hydroxylation is 1. The molecule has 0 radical (unpaired) electrons. The lowest BCUT2D eigenvalue weighted by Gasteiger charge is -2.34. The smallest absolute Gasteiger partial charge is 0.335 e. The van der Waals surface area contributed by atoms with E-state index in [0.29, 0.717) is 31.8 Å². The number of esters is 1. The Morgan fingerprint density at radius 1 is 1.19 bits per heavy atom. The van der Waals surface area contributed by atoms with E-state index in [0.717, 1.165) is 12.0 Å². The van der Waals surface area contributed by atoms with Crippen LogP contribution in [0.3, 0.4) is 0 Å². The number of nitrogens with zero attached hydrogens (tertiary/aromatic N) is 1. The van der Waals surface area contributed by atoms with E-state index in [2.05, 4.69) is 4.72 Å². The molecule has 1 aliphatic heterocycles. The maximum Gasteiger partial charge on any atom is 0.335 e. The molecule has 9 heteroatoms. The number of piperidine rings is 1. The van der Waals surface area contributed by atoms with Gasteiger partial charge in [-0.25, -0.2) is 13.2 Å². The maximum absolute atomic E-state index is 12.9.